The number of aromatic nitrogens is 1. The predicted octanol–water partition coefficient (Wildman–Crippen LogP) is 3.41. The normalized spacial score (nSPS) is 11.7. The Kier molecular flexibility index (Phi) is 4.17. The van der Waals surface area contributed by atoms with Crippen LogP contribution in [0.3, 0.4) is 0 Å². The molecule has 1 amide bonds. The third-order valence-corrected chi connectivity index (χ3v) is 3.43. The molecule has 0 aliphatic heterocycles. The molecule has 0 unspecified atom stereocenters. The molecule has 0 saturated carbocycles. The number of fused-ring (bicyclic) bond motifs is 1. The minimum absolute atomic E-state index is 0.279. The molecule has 3 aromatic rings. The number of nitriles is 1. The van der Waals surface area contributed by atoms with Crippen LogP contribution in [-0.2, 0) is 4.79 Å². The van der Waals surface area contributed by atoms with Crippen molar-refractivity contribution >= 4 is 22.7 Å². The summed E-state index contributed by atoms with van der Waals surface area (Å²) in [6.07, 6.45) is -0.687. The lowest BCUT2D eigenvalue weighted by Gasteiger charge is -2.14. The van der Waals surface area contributed by atoms with Crippen LogP contribution < -0.4 is 10.1 Å². The van der Waals surface area contributed by atoms with Crippen LogP contribution in [0.4, 0.5) is 5.69 Å². The van der Waals surface area contributed by atoms with Crippen molar-refractivity contribution < 1.29 is 13.9 Å². The number of hydrogen-bond acceptors (Lipinski definition) is 5. The molecule has 24 heavy (non-hydrogen) atoms. The van der Waals surface area contributed by atoms with Gasteiger partial charge in [0.05, 0.1) is 11.6 Å². The van der Waals surface area contributed by atoms with E-state index in [4.69, 9.17) is 14.4 Å². The van der Waals surface area contributed by atoms with E-state index in [1.54, 1.807) is 56.3 Å². The number of carbonyl (C=O) groups excluding carboxylic acids is 1. The van der Waals surface area contributed by atoms with Gasteiger partial charge in [-0.05, 0) is 49.4 Å². The van der Waals surface area contributed by atoms with E-state index in [0.717, 1.165) is 0 Å². The van der Waals surface area contributed by atoms with Crippen molar-refractivity contribution in [1.29, 1.82) is 5.26 Å². The second kappa shape index (κ2) is 6.42. The fourth-order valence-corrected chi connectivity index (χ4v) is 2.23. The van der Waals surface area contributed by atoms with Gasteiger partial charge in [-0.3, -0.25) is 4.79 Å². The Bertz CT molecular complexity index is 923. The number of benzene rings is 2. The van der Waals surface area contributed by atoms with Crippen molar-refractivity contribution in [1.82, 2.24) is 4.98 Å². The van der Waals surface area contributed by atoms with Crippen molar-refractivity contribution in [3.8, 4) is 11.8 Å². The van der Waals surface area contributed by atoms with Gasteiger partial charge in [0.25, 0.3) is 5.91 Å². The minimum Gasteiger partial charge on any atom is -0.481 e. The average molecular weight is 321 g/mol. The minimum atomic E-state index is -0.687. The molecule has 0 spiro atoms. The fourth-order valence-electron chi connectivity index (χ4n) is 2.23. The van der Waals surface area contributed by atoms with E-state index < -0.39 is 6.10 Å². The monoisotopic (exact) mass is 321 g/mol. The highest BCUT2D eigenvalue weighted by molar-refractivity contribution is 5.95. The molecule has 1 aromatic heterocycles. The zero-order valence-corrected chi connectivity index (χ0v) is 13.2. The maximum atomic E-state index is 12.2. The second-order valence-electron chi connectivity index (χ2n) is 5.30. The molecule has 6 heteroatoms. The van der Waals surface area contributed by atoms with Gasteiger partial charge >= 0.3 is 0 Å². The molecule has 0 saturated heterocycles. The number of nitrogens with one attached hydrogen (secondary N) is 1. The molecule has 120 valence electrons. The third kappa shape index (κ3) is 3.36. The number of hydrogen-bond donors (Lipinski definition) is 1. The summed E-state index contributed by atoms with van der Waals surface area (Å²) < 4.78 is 11.0. The average Bonchev–Trinajstić information content (AvgIpc) is 2.94. The maximum absolute atomic E-state index is 12.2. The Morgan fingerprint density at radius 2 is 2.04 bits per heavy atom. The molecule has 3 rings (SSSR count). The molecular weight excluding hydrogens is 306 g/mol. The molecule has 1 atom stereocenters. The van der Waals surface area contributed by atoms with Gasteiger partial charge in [-0.25, -0.2) is 4.98 Å². The van der Waals surface area contributed by atoms with E-state index in [-0.39, 0.29) is 5.91 Å². The van der Waals surface area contributed by atoms with Gasteiger partial charge in [0.2, 0.25) is 0 Å². The predicted molar refractivity (Wildman–Crippen MR) is 88.6 cm³/mol. The number of nitrogens with zero attached hydrogens (tertiary/aromatic N) is 2. The Morgan fingerprint density at radius 1 is 1.29 bits per heavy atom. The lowest BCUT2D eigenvalue weighted by atomic mass is 10.2. The summed E-state index contributed by atoms with van der Waals surface area (Å²) >= 11 is 0. The summed E-state index contributed by atoms with van der Waals surface area (Å²) in [4.78, 5) is 16.5. The van der Waals surface area contributed by atoms with Crippen molar-refractivity contribution in [3.63, 3.8) is 0 Å². The highest BCUT2D eigenvalue weighted by Crippen LogP contribution is 2.20. The number of carbonyl (C=O) groups is 1. The standard InChI is InChI=1S/C18H15N3O3/c1-11(23-15-6-3-13(10-19)4-7-15)18(22)21-14-5-8-17-16(9-14)20-12(2)24-17/h3-9,11H,1-2H3,(H,21,22)/t11-/m0/s1. The molecule has 0 aliphatic carbocycles. The van der Waals surface area contributed by atoms with Gasteiger partial charge in [0.1, 0.15) is 11.3 Å². The quantitative estimate of drug-likeness (QED) is 0.795. The van der Waals surface area contributed by atoms with Crippen molar-refractivity contribution in [2.45, 2.75) is 20.0 Å². The third-order valence-electron chi connectivity index (χ3n) is 3.43. The largest absolute Gasteiger partial charge is 0.481 e. The summed E-state index contributed by atoms with van der Waals surface area (Å²) in [6.45, 7) is 3.43. The van der Waals surface area contributed by atoms with Gasteiger partial charge in [0.15, 0.2) is 17.6 Å². The lowest BCUT2D eigenvalue weighted by molar-refractivity contribution is -0.122. The molecule has 0 bridgehead atoms. The summed E-state index contributed by atoms with van der Waals surface area (Å²) in [5, 5.41) is 11.6. The maximum Gasteiger partial charge on any atom is 0.265 e. The van der Waals surface area contributed by atoms with Crippen LogP contribution >= 0.6 is 0 Å². The summed E-state index contributed by atoms with van der Waals surface area (Å²) in [5.41, 5.74) is 2.52. The highest BCUT2D eigenvalue weighted by atomic mass is 16.5. The lowest BCUT2D eigenvalue weighted by Crippen LogP contribution is -2.30. The zero-order valence-electron chi connectivity index (χ0n) is 13.2. The van der Waals surface area contributed by atoms with Crippen LogP contribution in [0.1, 0.15) is 18.4 Å². The Hall–Kier alpha value is -3.33. The first-order valence-electron chi connectivity index (χ1n) is 7.40. The van der Waals surface area contributed by atoms with Gasteiger partial charge < -0.3 is 14.5 Å². The summed E-state index contributed by atoms with van der Waals surface area (Å²) in [5.74, 6) is 0.823. The van der Waals surface area contributed by atoms with E-state index in [0.29, 0.717) is 34.0 Å². The van der Waals surface area contributed by atoms with Crippen LogP contribution in [0.25, 0.3) is 11.1 Å². The molecule has 0 radical (unpaired) electrons. The topological polar surface area (TPSA) is 88.1 Å². The molecule has 6 nitrogen and oxygen atoms in total. The van der Waals surface area contributed by atoms with Gasteiger partial charge in [-0.2, -0.15) is 5.26 Å². The van der Waals surface area contributed by atoms with E-state index in [1.165, 1.54) is 0 Å². The van der Waals surface area contributed by atoms with Crippen LogP contribution in [0, 0.1) is 18.3 Å². The summed E-state index contributed by atoms with van der Waals surface area (Å²) in [6, 6.07) is 13.9. The first-order chi connectivity index (χ1) is 11.5. The van der Waals surface area contributed by atoms with Crippen LogP contribution in [0.5, 0.6) is 5.75 Å². The van der Waals surface area contributed by atoms with E-state index in [2.05, 4.69) is 10.3 Å². The van der Waals surface area contributed by atoms with Gasteiger partial charge in [-0.1, -0.05) is 0 Å². The Balaban J connectivity index is 1.67. The number of ether oxygens (including phenoxy) is 1. The van der Waals surface area contributed by atoms with Crippen LogP contribution in [-0.4, -0.2) is 17.0 Å². The number of amides is 1. The van der Waals surface area contributed by atoms with Crippen molar-refractivity contribution in [3.05, 3.63) is 53.9 Å². The zero-order chi connectivity index (χ0) is 17.1. The smallest absolute Gasteiger partial charge is 0.265 e. The van der Waals surface area contributed by atoms with Crippen LogP contribution in [0.2, 0.25) is 0 Å². The number of oxazole rings is 1. The molecule has 1 N–H and O–H groups in total. The van der Waals surface area contributed by atoms with E-state index in [1.807, 2.05) is 6.07 Å². The number of anilines is 1. The molecule has 1 heterocycles. The Labute approximate surface area is 138 Å². The van der Waals surface area contributed by atoms with Crippen molar-refractivity contribution in [2.75, 3.05) is 5.32 Å². The first-order valence-corrected chi connectivity index (χ1v) is 7.40. The van der Waals surface area contributed by atoms with E-state index in [9.17, 15) is 4.79 Å². The molecule has 0 fully saturated rings. The number of rotatable bonds is 4. The van der Waals surface area contributed by atoms with Crippen molar-refractivity contribution in [2.24, 2.45) is 0 Å². The SMILES string of the molecule is Cc1nc2cc(NC(=O)[C@H](C)Oc3ccc(C#N)cc3)ccc2o1. The number of aryl methyl sites for hydroxylation is 1. The fraction of sp³-hybridized carbons (Fsp3) is 0.167. The Morgan fingerprint density at radius 3 is 2.75 bits per heavy atom. The molecule has 0 aliphatic rings. The summed E-state index contributed by atoms with van der Waals surface area (Å²) in [7, 11) is 0. The first kappa shape index (κ1) is 15.6. The second-order valence-corrected chi connectivity index (χ2v) is 5.30. The van der Waals surface area contributed by atoms with Gasteiger partial charge in [-0.15, -0.1) is 0 Å². The van der Waals surface area contributed by atoms with E-state index >= 15 is 0 Å². The highest BCUT2D eigenvalue weighted by Gasteiger charge is 2.15. The molecule has 2 aromatic carbocycles. The molecular formula is C18H15N3O3. The van der Waals surface area contributed by atoms with Gasteiger partial charge in [0, 0.05) is 12.6 Å². The van der Waals surface area contributed by atoms with Crippen LogP contribution in [0.15, 0.2) is 46.9 Å².